The number of aryl methyl sites for hydroxylation is 1. The van der Waals surface area contributed by atoms with Crippen molar-refractivity contribution in [3.8, 4) is 0 Å². The van der Waals surface area contributed by atoms with Crippen molar-refractivity contribution >= 4 is 61.9 Å². The lowest BCUT2D eigenvalue weighted by Crippen LogP contribution is -2.18. The van der Waals surface area contributed by atoms with Crippen LogP contribution in [0.5, 0.6) is 0 Å². The first-order valence-corrected chi connectivity index (χ1v) is 11.1. The predicted molar refractivity (Wildman–Crippen MR) is 131 cm³/mol. The predicted octanol–water partition coefficient (Wildman–Crippen LogP) is 5.77. The lowest BCUT2D eigenvalue weighted by Gasteiger charge is -2.06. The van der Waals surface area contributed by atoms with Gasteiger partial charge in [0, 0.05) is 27.9 Å². The molecule has 4 rings (SSSR count). The average molecular weight is 497 g/mol. The lowest BCUT2D eigenvalue weighted by atomic mass is 10.1. The van der Waals surface area contributed by atoms with Crippen molar-refractivity contribution in [2.45, 2.75) is 13.8 Å². The van der Waals surface area contributed by atoms with Crippen LogP contribution in [0.1, 0.15) is 38.3 Å². The highest BCUT2D eigenvalue weighted by Gasteiger charge is 2.19. The Bertz CT molecular complexity index is 1460. The molecule has 2 amide bonds. The summed E-state index contributed by atoms with van der Waals surface area (Å²) in [7, 11) is 0. The minimum atomic E-state index is -0.521. The summed E-state index contributed by atoms with van der Waals surface area (Å²) in [5.41, 5.74) is 4.71. The van der Waals surface area contributed by atoms with E-state index in [0.717, 1.165) is 16.9 Å². The maximum absolute atomic E-state index is 12.6. The smallest absolute Gasteiger partial charge is 0.283 e. The molecule has 2 aromatic heterocycles. The molecule has 0 fully saturated rings. The second-order valence-corrected chi connectivity index (χ2v) is 8.67. The number of hydrogen-bond acceptors (Lipinski definition) is 7. The van der Waals surface area contributed by atoms with E-state index < -0.39 is 10.8 Å². The third-order valence-corrected chi connectivity index (χ3v) is 6.68. The maximum atomic E-state index is 12.6. The molecular formula is C23H17ClN4O5S. The molecule has 0 saturated carbocycles. The fourth-order valence-electron chi connectivity index (χ4n) is 3.18. The number of benzene rings is 2. The molecule has 0 aliphatic rings. The Hall–Kier alpha value is -4.02. The standard InChI is InChI=1S/C23H17ClN4O5S/c1-12(14-3-5-15(6-4-14)25-22(29)17-9-10-33-13(17)2)26-27-23(30)21-20(24)18-8-7-16(28(31)32)11-19(18)34-21/h3-11H,1-2H3,(H,25,29)(H,27,30). The molecule has 9 nitrogen and oxygen atoms in total. The van der Waals surface area contributed by atoms with E-state index in [0.29, 0.717) is 32.8 Å². The highest BCUT2D eigenvalue weighted by molar-refractivity contribution is 7.21. The minimum Gasteiger partial charge on any atom is -0.469 e. The Kier molecular flexibility index (Phi) is 6.44. The minimum absolute atomic E-state index is 0.0780. The van der Waals surface area contributed by atoms with Gasteiger partial charge in [0.1, 0.15) is 10.6 Å². The molecule has 0 bridgehead atoms. The van der Waals surface area contributed by atoms with Gasteiger partial charge >= 0.3 is 0 Å². The van der Waals surface area contributed by atoms with Crippen LogP contribution >= 0.6 is 22.9 Å². The Morgan fingerprint density at radius 2 is 1.85 bits per heavy atom. The number of thiophene rings is 1. The van der Waals surface area contributed by atoms with E-state index in [4.69, 9.17) is 16.0 Å². The average Bonchev–Trinajstić information content (AvgIpc) is 3.40. The summed E-state index contributed by atoms with van der Waals surface area (Å²) >= 11 is 7.37. The van der Waals surface area contributed by atoms with E-state index in [9.17, 15) is 19.7 Å². The highest BCUT2D eigenvalue weighted by atomic mass is 35.5. The van der Waals surface area contributed by atoms with Gasteiger partial charge in [-0.1, -0.05) is 23.7 Å². The Morgan fingerprint density at radius 1 is 1.12 bits per heavy atom. The summed E-state index contributed by atoms with van der Waals surface area (Å²) in [6, 6.07) is 12.8. The molecular weight excluding hydrogens is 480 g/mol. The van der Waals surface area contributed by atoms with Crippen molar-refractivity contribution in [3.63, 3.8) is 0 Å². The zero-order valence-corrected chi connectivity index (χ0v) is 19.5. The van der Waals surface area contributed by atoms with Gasteiger partial charge in [-0.05, 0) is 43.7 Å². The largest absolute Gasteiger partial charge is 0.469 e. The van der Waals surface area contributed by atoms with Crippen LogP contribution in [0.2, 0.25) is 5.02 Å². The molecule has 34 heavy (non-hydrogen) atoms. The van der Waals surface area contributed by atoms with Gasteiger partial charge in [0.2, 0.25) is 0 Å². The quantitative estimate of drug-likeness (QED) is 0.199. The van der Waals surface area contributed by atoms with E-state index in [1.165, 1.54) is 24.5 Å². The van der Waals surface area contributed by atoms with Gasteiger partial charge in [0.15, 0.2) is 0 Å². The molecule has 0 radical (unpaired) electrons. The number of halogens is 1. The number of hydrogen-bond donors (Lipinski definition) is 2. The van der Waals surface area contributed by atoms with Crippen LogP contribution in [0, 0.1) is 17.0 Å². The lowest BCUT2D eigenvalue weighted by molar-refractivity contribution is -0.384. The fourth-order valence-corrected chi connectivity index (χ4v) is 4.62. The summed E-state index contributed by atoms with van der Waals surface area (Å²) in [6.07, 6.45) is 1.46. The van der Waals surface area contributed by atoms with Gasteiger partial charge in [-0.2, -0.15) is 5.10 Å². The number of anilines is 1. The summed E-state index contributed by atoms with van der Waals surface area (Å²) in [4.78, 5) is 35.6. The second-order valence-electron chi connectivity index (χ2n) is 7.24. The van der Waals surface area contributed by atoms with Crippen LogP contribution in [0.25, 0.3) is 10.1 Å². The molecule has 0 unspecified atom stereocenters. The van der Waals surface area contributed by atoms with Crippen LogP contribution in [0.3, 0.4) is 0 Å². The Balaban J connectivity index is 1.45. The van der Waals surface area contributed by atoms with Crippen LogP contribution < -0.4 is 10.7 Å². The number of fused-ring (bicyclic) bond motifs is 1. The Morgan fingerprint density at radius 3 is 2.50 bits per heavy atom. The summed E-state index contributed by atoms with van der Waals surface area (Å²) in [6.45, 7) is 3.43. The van der Waals surface area contributed by atoms with Gasteiger partial charge in [0.05, 0.1) is 27.5 Å². The SMILES string of the molecule is CC(=NNC(=O)c1sc2cc([N+](=O)[O-])ccc2c1Cl)c1ccc(NC(=O)c2ccoc2C)cc1. The van der Waals surface area contributed by atoms with Gasteiger partial charge in [-0.15, -0.1) is 11.3 Å². The summed E-state index contributed by atoms with van der Waals surface area (Å²) < 4.78 is 5.68. The number of carbonyl (C=O) groups excluding carboxylic acids is 2. The monoisotopic (exact) mass is 496 g/mol. The normalized spacial score (nSPS) is 11.4. The number of non-ortho nitro benzene ring substituents is 1. The zero-order valence-electron chi connectivity index (χ0n) is 17.9. The number of nitrogens with zero attached hydrogens (tertiary/aromatic N) is 2. The third-order valence-electron chi connectivity index (χ3n) is 5.02. The van der Waals surface area contributed by atoms with Crippen LogP contribution in [0.4, 0.5) is 11.4 Å². The van der Waals surface area contributed by atoms with Crippen molar-refractivity contribution in [1.82, 2.24) is 5.43 Å². The fraction of sp³-hybridized carbons (Fsp3) is 0.0870. The maximum Gasteiger partial charge on any atom is 0.283 e. The van der Waals surface area contributed by atoms with E-state index in [2.05, 4.69) is 15.8 Å². The number of amides is 2. The summed E-state index contributed by atoms with van der Waals surface area (Å²) in [5.74, 6) is -0.264. The molecule has 2 heterocycles. The molecule has 2 N–H and O–H groups in total. The molecule has 0 atom stereocenters. The van der Waals surface area contributed by atoms with Crippen molar-refractivity contribution in [3.05, 3.63) is 91.7 Å². The van der Waals surface area contributed by atoms with Gasteiger partial charge < -0.3 is 9.73 Å². The van der Waals surface area contributed by atoms with Gasteiger partial charge in [-0.25, -0.2) is 5.43 Å². The number of rotatable bonds is 6. The van der Waals surface area contributed by atoms with E-state index >= 15 is 0 Å². The van der Waals surface area contributed by atoms with Crippen LogP contribution in [-0.2, 0) is 0 Å². The molecule has 0 saturated heterocycles. The molecule has 0 aliphatic heterocycles. The molecule has 11 heteroatoms. The third kappa shape index (κ3) is 4.68. The first kappa shape index (κ1) is 23.1. The van der Waals surface area contributed by atoms with Crippen molar-refractivity contribution in [2.24, 2.45) is 5.10 Å². The molecule has 172 valence electrons. The first-order chi connectivity index (χ1) is 16.2. The number of nitro groups is 1. The number of furan rings is 1. The number of hydrazone groups is 1. The Labute approximate surface area is 202 Å². The highest BCUT2D eigenvalue weighted by Crippen LogP contribution is 2.37. The van der Waals surface area contributed by atoms with Crippen molar-refractivity contribution < 1.29 is 18.9 Å². The van der Waals surface area contributed by atoms with E-state index in [-0.39, 0.29) is 21.5 Å². The molecule has 0 spiro atoms. The van der Waals surface area contributed by atoms with Crippen LogP contribution in [0.15, 0.2) is 64.3 Å². The molecule has 2 aromatic carbocycles. The zero-order chi connectivity index (χ0) is 24.4. The number of nitrogens with one attached hydrogen (secondary N) is 2. The number of carbonyl (C=O) groups is 2. The van der Waals surface area contributed by atoms with Crippen molar-refractivity contribution in [2.75, 3.05) is 5.32 Å². The van der Waals surface area contributed by atoms with Gasteiger partial charge in [0.25, 0.3) is 17.5 Å². The number of nitro benzene ring substituents is 1. The van der Waals surface area contributed by atoms with Crippen LogP contribution in [-0.4, -0.2) is 22.4 Å². The summed E-state index contributed by atoms with van der Waals surface area (Å²) in [5, 5.41) is 18.7. The topological polar surface area (TPSA) is 127 Å². The molecule has 4 aromatic rings. The van der Waals surface area contributed by atoms with Crippen molar-refractivity contribution in [1.29, 1.82) is 0 Å². The van der Waals surface area contributed by atoms with E-state index in [1.807, 2.05) is 0 Å². The first-order valence-electron chi connectivity index (χ1n) is 9.91. The molecule has 0 aliphatic carbocycles. The second kappa shape index (κ2) is 9.46. The van der Waals surface area contributed by atoms with E-state index in [1.54, 1.807) is 44.2 Å². The van der Waals surface area contributed by atoms with Gasteiger partial charge in [-0.3, -0.25) is 19.7 Å².